The number of nitrogens with zero attached hydrogens (tertiary/aromatic N) is 1. The Labute approximate surface area is 158 Å². The highest BCUT2D eigenvalue weighted by Crippen LogP contribution is 2.16. The van der Waals surface area contributed by atoms with E-state index in [0.29, 0.717) is 5.92 Å². The van der Waals surface area contributed by atoms with Crippen LogP contribution in [0.2, 0.25) is 5.15 Å². The van der Waals surface area contributed by atoms with Crippen LogP contribution in [-0.4, -0.2) is 23.5 Å². The molecule has 1 N–H and O–H groups in total. The van der Waals surface area contributed by atoms with Gasteiger partial charge in [0.25, 0.3) is 5.91 Å². The van der Waals surface area contributed by atoms with Gasteiger partial charge in [0, 0.05) is 6.20 Å². The number of amides is 1. The Morgan fingerprint density at radius 3 is 2.46 bits per heavy atom. The number of hydrogen-bond donors (Lipinski definition) is 1. The lowest BCUT2D eigenvalue weighted by Gasteiger charge is -2.15. The van der Waals surface area contributed by atoms with E-state index in [9.17, 15) is 9.59 Å². The lowest BCUT2D eigenvalue weighted by molar-refractivity contribution is -0.124. The molecule has 0 spiro atoms. The van der Waals surface area contributed by atoms with E-state index in [4.69, 9.17) is 16.3 Å². The lowest BCUT2D eigenvalue weighted by Crippen LogP contribution is -2.31. The normalized spacial score (nSPS) is 11.9. The van der Waals surface area contributed by atoms with Crippen molar-refractivity contribution in [2.24, 2.45) is 5.92 Å². The van der Waals surface area contributed by atoms with Gasteiger partial charge in [0.1, 0.15) is 5.15 Å². The Morgan fingerprint density at radius 1 is 1.15 bits per heavy atom. The Morgan fingerprint density at radius 2 is 1.85 bits per heavy atom. The zero-order valence-corrected chi connectivity index (χ0v) is 15.9. The molecule has 0 aliphatic carbocycles. The van der Waals surface area contributed by atoms with E-state index in [1.165, 1.54) is 17.8 Å². The summed E-state index contributed by atoms with van der Waals surface area (Å²) in [5.74, 6) is -0.456. The van der Waals surface area contributed by atoms with Crippen LogP contribution in [0.25, 0.3) is 0 Å². The summed E-state index contributed by atoms with van der Waals surface area (Å²) in [5.41, 5.74) is 2.40. The van der Waals surface area contributed by atoms with Crippen molar-refractivity contribution in [3.05, 3.63) is 64.4 Å². The molecule has 0 unspecified atom stereocenters. The fraction of sp³-hybridized carbons (Fsp3) is 0.350. The van der Waals surface area contributed by atoms with Gasteiger partial charge in [-0.1, -0.05) is 49.7 Å². The van der Waals surface area contributed by atoms with Gasteiger partial charge in [-0.3, -0.25) is 4.79 Å². The summed E-state index contributed by atoms with van der Waals surface area (Å²) in [6.07, 6.45) is 2.49. The summed E-state index contributed by atoms with van der Waals surface area (Å²) in [7, 11) is 0. The van der Waals surface area contributed by atoms with Gasteiger partial charge in [0.05, 0.1) is 11.6 Å². The van der Waals surface area contributed by atoms with Crippen LogP contribution >= 0.6 is 11.6 Å². The molecule has 2 rings (SSSR count). The predicted molar refractivity (Wildman–Crippen MR) is 101 cm³/mol. The molecule has 1 amide bonds. The minimum atomic E-state index is -0.677. The van der Waals surface area contributed by atoms with Gasteiger partial charge >= 0.3 is 5.97 Å². The molecule has 5 nitrogen and oxygen atoms in total. The molecule has 138 valence electrons. The molecule has 0 bridgehead atoms. The van der Waals surface area contributed by atoms with E-state index in [1.54, 1.807) is 6.07 Å². The second-order valence-electron chi connectivity index (χ2n) is 6.55. The van der Waals surface area contributed by atoms with E-state index < -0.39 is 5.97 Å². The molecule has 0 radical (unpaired) electrons. The Hall–Kier alpha value is -2.40. The van der Waals surface area contributed by atoms with Gasteiger partial charge in [-0.05, 0) is 42.5 Å². The number of rotatable bonds is 7. The average Bonchev–Trinajstić information content (AvgIpc) is 2.60. The Kier molecular flexibility index (Phi) is 7.16. The van der Waals surface area contributed by atoms with Crippen LogP contribution in [0.1, 0.15) is 48.3 Å². The third-order valence-electron chi connectivity index (χ3n) is 3.81. The molecule has 1 heterocycles. The lowest BCUT2D eigenvalue weighted by atomic mass is 10.00. The standard InChI is InChI=1S/C20H23ClN2O3/c1-13(2)11-15-6-8-16(9-7-15)14(3)23-18(24)12-26-20(25)17-5-4-10-22-19(17)21/h4-10,13-14H,11-12H2,1-3H3,(H,23,24)/t14-/m0/s1. The molecule has 0 aliphatic rings. The summed E-state index contributed by atoms with van der Waals surface area (Å²) < 4.78 is 4.99. The minimum absolute atomic E-state index is 0.0489. The Bertz CT molecular complexity index is 760. The zero-order chi connectivity index (χ0) is 19.1. The van der Waals surface area contributed by atoms with Crippen LogP contribution < -0.4 is 5.32 Å². The quantitative estimate of drug-likeness (QED) is 0.588. The number of benzene rings is 1. The van der Waals surface area contributed by atoms with Crippen molar-refractivity contribution in [1.29, 1.82) is 0 Å². The summed E-state index contributed by atoms with van der Waals surface area (Å²) in [4.78, 5) is 27.8. The number of pyridine rings is 1. The summed E-state index contributed by atoms with van der Waals surface area (Å²) in [6, 6.07) is 11.0. The van der Waals surface area contributed by atoms with Gasteiger partial charge in [-0.15, -0.1) is 0 Å². The van der Waals surface area contributed by atoms with Gasteiger partial charge < -0.3 is 10.1 Å². The first-order valence-corrected chi connectivity index (χ1v) is 8.90. The molecule has 1 atom stereocenters. The average molecular weight is 375 g/mol. The van der Waals surface area contributed by atoms with Crippen molar-refractivity contribution >= 4 is 23.5 Å². The van der Waals surface area contributed by atoms with Crippen molar-refractivity contribution < 1.29 is 14.3 Å². The van der Waals surface area contributed by atoms with E-state index >= 15 is 0 Å². The van der Waals surface area contributed by atoms with E-state index in [0.717, 1.165) is 12.0 Å². The number of carbonyl (C=O) groups excluding carboxylic acids is 2. The molecule has 1 aromatic heterocycles. The first-order chi connectivity index (χ1) is 12.4. The molecule has 2 aromatic rings. The summed E-state index contributed by atoms with van der Waals surface area (Å²) in [6.45, 7) is 5.86. The van der Waals surface area contributed by atoms with Crippen LogP contribution in [0, 0.1) is 5.92 Å². The maximum atomic E-state index is 12.0. The first kappa shape index (κ1) is 19.9. The summed E-state index contributed by atoms with van der Waals surface area (Å²) in [5, 5.41) is 2.86. The van der Waals surface area contributed by atoms with Gasteiger partial charge in [-0.25, -0.2) is 9.78 Å². The first-order valence-electron chi connectivity index (χ1n) is 8.52. The van der Waals surface area contributed by atoms with Crippen molar-refractivity contribution in [3.8, 4) is 0 Å². The highest BCUT2D eigenvalue weighted by molar-refractivity contribution is 6.32. The number of carbonyl (C=O) groups is 2. The van der Waals surface area contributed by atoms with Crippen LogP contribution in [0.3, 0.4) is 0 Å². The van der Waals surface area contributed by atoms with Gasteiger partial charge in [-0.2, -0.15) is 0 Å². The van der Waals surface area contributed by atoms with Crippen LogP contribution in [0.4, 0.5) is 0 Å². The topological polar surface area (TPSA) is 68.3 Å². The molecule has 1 aromatic carbocycles. The Balaban J connectivity index is 1.85. The second kappa shape index (κ2) is 9.34. The highest BCUT2D eigenvalue weighted by atomic mass is 35.5. The maximum absolute atomic E-state index is 12.0. The van der Waals surface area contributed by atoms with Crippen molar-refractivity contribution in [2.45, 2.75) is 33.2 Å². The number of nitrogens with one attached hydrogen (secondary N) is 1. The van der Waals surface area contributed by atoms with Crippen LogP contribution in [0.15, 0.2) is 42.6 Å². The predicted octanol–water partition coefficient (Wildman–Crippen LogP) is 3.97. The molecule has 0 saturated heterocycles. The minimum Gasteiger partial charge on any atom is -0.452 e. The monoisotopic (exact) mass is 374 g/mol. The number of hydrogen-bond acceptors (Lipinski definition) is 4. The molecule has 0 fully saturated rings. The third-order valence-corrected chi connectivity index (χ3v) is 4.12. The molecule has 0 aliphatic heterocycles. The molecule has 6 heteroatoms. The second-order valence-corrected chi connectivity index (χ2v) is 6.90. The molecule has 26 heavy (non-hydrogen) atoms. The molecular weight excluding hydrogens is 352 g/mol. The van der Waals surface area contributed by atoms with Crippen molar-refractivity contribution in [3.63, 3.8) is 0 Å². The van der Waals surface area contributed by atoms with Crippen molar-refractivity contribution in [2.75, 3.05) is 6.61 Å². The van der Waals surface area contributed by atoms with E-state index in [1.807, 2.05) is 19.1 Å². The van der Waals surface area contributed by atoms with Crippen molar-refractivity contribution in [1.82, 2.24) is 10.3 Å². The highest BCUT2D eigenvalue weighted by Gasteiger charge is 2.15. The van der Waals surface area contributed by atoms with Gasteiger partial charge in [0.15, 0.2) is 6.61 Å². The number of halogens is 1. The SMILES string of the molecule is CC(C)Cc1ccc([C@H](C)NC(=O)COC(=O)c2cccnc2Cl)cc1. The fourth-order valence-corrected chi connectivity index (χ4v) is 2.72. The molecule has 0 saturated carbocycles. The van der Waals surface area contributed by atoms with E-state index in [2.05, 4.69) is 36.3 Å². The maximum Gasteiger partial charge on any atom is 0.341 e. The number of esters is 1. The van der Waals surface area contributed by atoms with Gasteiger partial charge in [0.2, 0.25) is 0 Å². The van der Waals surface area contributed by atoms with E-state index in [-0.39, 0.29) is 29.3 Å². The number of aromatic nitrogens is 1. The molecular formula is C20H23ClN2O3. The van der Waals surface area contributed by atoms with Crippen LogP contribution in [-0.2, 0) is 16.0 Å². The zero-order valence-electron chi connectivity index (χ0n) is 15.2. The van der Waals surface area contributed by atoms with Crippen LogP contribution in [0.5, 0.6) is 0 Å². The fourth-order valence-electron chi connectivity index (χ4n) is 2.53. The summed E-state index contributed by atoms with van der Waals surface area (Å²) >= 11 is 5.83. The smallest absolute Gasteiger partial charge is 0.341 e. The third kappa shape index (κ3) is 5.85. The largest absolute Gasteiger partial charge is 0.452 e. The number of ether oxygens (including phenoxy) is 1.